The van der Waals surface area contributed by atoms with E-state index < -0.39 is 0 Å². The molecule has 3 atom stereocenters. The summed E-state index contributed by atoms with van der Waals surface area (Å²) < 4.78 is 5.95. The second kappa shape index (κ2) is 5.04. The highest BCUT2D eigenvalue weighted by Crippen LogP contribution is 2.38. The van der Waals surface area contributed by atoms with E-state index in [4.69, 9.17) is 9.84 Å². The van der Waals surface area contributed by atoms with Gasteiger partial charge in [0.15, 0.2) is 0 Å². The first kappa shape index (κ1) is 11.7. The summed E-state index contributed by atoms with van der Waals surface area (Å²) in [6.07, 6.45) is 3.39. The third-order valence-corrected chi connectivity index (χ3v) is 4.58. The van der Waals surface area contributed by atoms with Crippen LogP contribution in [0.3, 0.4) is 0 Å². The molecule has 88 valence electrons. The Labute approximate surface area is 96.0 Å². The number of thioether (sulfide) groups is 1. The van der Waals surface area contributed by atoms with Gasteiger partial charge >= 0.3 is 0 Å². The standard InChI is InChI=1S/C11H21NO2S/c1-9(7-13)12-10-2-4-14-11(6-10)3-5-15-8-11/h9-10,12-13H,2-8H2,1H3. The summed E-state index contributed by atoms with van der Waals surface area (Å²) in [6, 6.07) is 0.735. The molecule has 2 fully saturated rings. The van der Waals surface area contributed by atoms with Crippen molar-refractivity contribution in [2.75, 3.05) is 24.7 Å². The maximum Gasteiger partial charge on any atom is 0.0795 e. The molecule has 0 bridgehead atoms. The van der Waals surface area contributed by atoms with Crippen LogP contribution in [0.4, 0.5) is 0 Å². The third kappa shape index (κ3) is 2.87. The number of ether oxygens (including phenoxy) is 1. The zero-order valence-electron chi connectivity index (χ0n) is 9.37. The lowest BCUT2D eigenvalue weighted by Gasteiger charge is -2.39. The van der Waals surface area contributed by atoms with Crippen LogP contribution >= 0.6 is 11.8 Å². The molecule has 0 aromatic rings. The molecule has 0 aromatic carbocycles. The molecule has 2 aliphatic heterocycles. The van der Waals surface area contributed by atoms with E-state index in [1.165, 1.54) is 12.2 Å². The summed E-state index contributed by atoms with van der Waals surface area (Å²) >= 11 is 2.00. The van der Waals surface area contributed by atoms with Crippen molar-refractivity contribution in [1.29, 1.82) is 0 Å². The van der Waals surface area contributed by atoms with E-state index in [-0.39, 0.29) is 18.2 Å². The number of aliphatic hydroxyl groups excluding tert-OH is 1. The molecule has 3 unspecified atom stereocenters. The van der Waals surface area contributed by atoms with Gasteiger partial charge in [0.1, 0.15) is 0 Å². The first-order chi connectivity index (χ1) is 7.24. The summed E-state index contributed by atoms with van der Waals surface area (Å²) in [5.74, 6) is 2.39. The van der Waals surface area contributed by atoms with Gasteiger partial charge in [-0.1, -0.05) is 0 Å². The molecule has 0 aromatic heterocycles. The Morgan fingerprint density at radius 2 is 2.53 bits per heavy atom. The van der Waals surface area contributed by atoms with Gasteiger partial charge in [0.25, 0.3) is 0 Å². The van der Waals surface area contributed by atoms with Crippen LogP contribution in [-0.4, -0.2) is 47.5 Å². The Balaban J connectivity index is 1.86. The highest BCUT2D eigenvalue weighted by molar-refractivity contribution is 7.99. The summed E-state index contributed by atoms with van der Waals surface area (Å²) in [4.78, 5) is 0. The summed E-state index contributed by atoms with van der Waals surface area (Å²) in [6.45, 7) is 3.13. The number of aliphatic hydroxyl groups is 1. The second-order valence-corrected chi connectivity index (χ2v) is 5.88. The molecule has 3 nitrogen and oxygen atoms in total. The summed E-state index contributed by atoms with van der Waals surface area (Å²) in [5, 5.41) is 12.5. The van der Waals surface area contributed by atoms with E-state index in [1.54, 1.807) is 0 Å². The minimum atomic E-state index is 0.149. The van der Waals surface area contributed by atoms with Crippen molar-refractivity contribution in [2.24, 2.45) is 0 Å². The van der Waals surface area contributed by atoms with Crippen molar-refractivity contribution in [3.8, 4) is 0 Å². The quantitative estimate of drug-likeness (QED) is 0.761. The Morgan fingerprint density at radius 3 is 3.20 bits per heavy atom. The Kier molecular flexibility index (Phi) is 3.93. The zero-order chi connectivity index (χ0) is 10.7. The lowest BCUT2D eigenvalue weighted by atomic mass is 9.89. The first-order valence-corrected chi connectivity index (χ1v) is 6.98. The van der Waals surface area contributed by atoms with Gasteiger partial charge in [-0.3, -0.25) is 0 Å². The minimum absolute atomic E-state index is 0.149. The molecule has 15 heavy (non-hydrogen) atoms. The van der Waals surface area contributed by atoms with Crippen LogP contribution in [0.5, 0.6) is 0 Å². The van der Waals surface area contributed by atoms with Gasteiger partial charge in [-0.25, -0.2) is 0 Å². The molecule has 2 saturated heterocycles. The molecule has 0 saturated carbocycles. The van der Waals surface area contributed by atoms with Crippen molar-refractivity contribution < 1.29 is 9.84 Å². The van der Waals surface area contributed by atoms with E-state index in [1.807, 2.05) is 18.7 Å². The summed E-state index contributed by atoms with van der Waals surface area (Å²) in [5.41, 5.74) is 0.149. The predicted molar refractivity (Wildman–Crippen MR) is 63.3 cm³/mol. The first-order valence-electron chi connectivity index (χ1n) is 5.83. The van der Waals surface area contributed by atoms with E-state index in [9.17, 15) is 0 Å². The van der Waals surface area contributed by atoms with E-state index in [0.29, 0.717) is 6.04 Å². The third-order valence-electron chi connectivity index (χ3n) is 3.35. The normalized spacial score (nSPS) is 38.4. The highest BCUT2D eigenvalue weighted by Gasteiger charge is 2.40. The van der Waals surface area contributed by atoms with Crippen molar-refractivity contribution in [3.05, 3.63) is 0 Å². The number of nitrogens with one attached hydrogen (secondary N) is 1. The van der Waals surface area contributed by atoms with Crippen LogP contribution in [0.2, 0.25) is 0 Å². The molecule has 2 heterocycles. The van der Waals surface area contributed by atoms with Crippen LogP contribution in [-0.2, 0) is 4.74 Å². The maximum atomic E-state index is 9.02. The van der Waals surface area contributed by atoms with E-state index in [2.05, 4.69) is 5.32 Å². The molecular formula is C11H21NO2S. The topological polar surface area (TPSA) is 41.5 Å². The SMILES string of the molecule is CC(CO)NC1CCOC2(CCSC2)C1. The molecule has 0 radical (unpaired) electrons. The number of hydrogen-bond donors (Lipinski definition) is 2. The maximum absolute atomic E-state index is 9.02. The lowest BCUT2D eigenvalue weighted by Crippen LogP contribution is -2.50. The molecule has 1 spiro atoms. The monoisotopic (exact) mass is 231 g/mol. The van der Waals surface area contributed by atoms with Gasteiger partial charge in [-0.15, -0.1) is 0 Å². The van der Waals surface area contributed by atoms with Crippen molar-refractivity contribution in [1.82, 2.24) is 5.32 Å². The van der Waals surface area contributed by atoms with Gasteiger partial charge < -0.3 is 15.2 Å². The smallest absolute Gasteiger partial charge is 0.0795 e. The predicted octanol–water partition coefficient (Wildman–Crippen LogP) is 1.01. The van der Waals surface area contributed by atoms with Crippen molar-refractivity contribution in [3.63, 3.8) is 0 Å². The molecule has 2 rings (SSSR count). The van der Waals surface area contributed by atoms with Gasteiger partial charge in [0.05, 0.1) is 12.2 Å². The van der Waals surface area contributed by atoms with Gasteiger partial charge in [-0.2, -0.15) is 11.8 Å². The van der Waals surface area contributed by atoms with Gasteiger partial charge in [0, 0.05) is 24.4 Å². The Bertz CT molecular complexity index is 207. The minimum Gasteiger partial charge on any atom is -0.395 e. The number of rotatable bonds is 3. The van der Waals surface area contributed by atoms with E-state index >= 15 is 0 Å². The molecule has 4 heteroatoms. The lowest BCUT2D eigenvalue weighted by molar-refractivity contribution is -0.0717. The molecule has 0 aliphatic carbocycles. The number of hydrogen-bond acceptors (Lipinski definition) is 4. The van der Waals surface area contributed by atoms with Crippen molar-refractivity contribution >= 4 is 11.8 Å². The van der Waals surface area contributed by atoms with Gasteiger partial charge in [-0.05, 0) is 31.9 Å². The fourth-order valence-corrected chi connectivity index (χ4v) is 3.87. The average molecular weight is 231 g/mol. The van der Waals surface area contributed by atoms with E-state index in [0.717, 1.165) is 25.2 Å². The Hall–Kier alpha value is 0.230. The zero-order valence-corrected chi connectivity index (χ0v) is 10.2. The second-order valence-electron chi connectivity index (χ2n) is 4.77. The van der Waals surface area contributed by atoms with Crippen LogP contribution in [0.25, 0.3) is 0 Å². The van der Waals surface area contributed by atoms with Crippen LogP contribution in [0, 0.1) is 0 Å². The molecular weight excluding hydrogens is 210 g/mol. The highest BCUT2D eigenvalue weighted by atomic mass is 32.2. The van der Waals surface area contributed by atoms with Crippen LogP contribution < -0.4 is 5.32 Å². The van der Waals surface area contributed by atoms with Gasteiger partial charge in [0.2, 0.25) is 0 Å². The average Bonchev–Trinajstić information content (AvgIpc) is 2.66. The molecule has 0 amide bonds. The fraction of sp³-hybridized carbons (Fsp3) is 1.00. The summed E-state index contributed by atoms with van der Waals surface area (Å²) in [7, 11) is 0. The fourth-order valence-electron chi connectivity index (χ4n) is 2.49. The van der Waals surface area contributed by atoms with Crippen LogP contribution in [0.1, 0.15) is 26.2 Å². The largest absolute Gasteiger partial charge is 0.395 e. The van der Waals surface area contributed by atoms with Crippen LogP contribution in [0.15, 0.2) is 0 Å². The molecule has 2 aliphatic rings. The van der Waals surface area contributed by atoms with Crippen molar-refractivity contribution in [2.45, 2.75) is 43.9 Å². The Morgan fingerprint density at radius 1 is 1.67 bits per heavy atom. The molecule has 2 N–H and O–H groups in total.